The monoisotopic (exact) mass is 262 g/mol. The Morgan fingerprint density at radius 1 is 1.05 bits per heavy atom. The summed E-state index contributed by atoms with van der Waals surface area (Å²) in [6.07, 6.45) is 1.26. The fraction of sp³-hybridized carbons (Fsp3) is 0.647. The van der Waals surface area contributed by atoms with Gasteiger partial charge in [0.05, 0.1) is 0 Å². The lowest BCUT2D eigenvalue weighted by molar-refractivity contribution is 0.221. The third kappa shape index (κ3) is 5.75. The van der Waals surface area contributed by atoms with Gasteiger partial charge in [0.1, 0.15) is 0 Å². The number of benzene rings is 1. The predicted octanol–water partition coefficient (Wildman–Crippen LogP) is 3.71. The fourth-order valence-corrected chi connectivity index (χ4v) is 2.38. The molecule has 0 saturated carbocycles. The van der Waals surface area contributed by atoms with E-state index in [-0.39, 0.29) is 0 Å². The average molecular weight is 262 g/mol. The van der Waals surface area contributed by atoms with Crippen molar-refractivity contribution in [2.75, 3.05) is 26.2 Å². The molecule has 1 rings (SSSR count). The minimum Gasteiger partial charge on any atom is -0.309 e. The highest BCUT2D eigenvalue weighted by Gasteiger charge is 2.15. The molecule has 0 radical (unpaired) electrons. The second kappa shape index (κ2) is 9.11. The molecule has 0 aliphatic carbocycles. The van der Waals surface area contributed by atoms with E-state index in [0.29, 0.717) is 6.04 Å². The molecular formula is C17H30N2. The molecule has 2 unspecified atom stereocenters. The maximum Gasteiger partial charge on any atom is 0.0449 e. The predicted molar refractivity (Wildman–Crippen MR) is 84.4 cm³/mol. The maximum absolute atomic E-state index is 3.61. The summed E-state index contributed by atoms with van der Waals surface area (Å²) in [6, 6.07) is 11.2. The first-order valence-corrected chi connectivity index (χ1v) is 7.71. The molecule has 19 heavy (non-hydrogen) atoms. The standard InChI is InChI=1S/C17H30N2/c1-5-15(4)13-19(7-3)14-17(18-6-2)16-11-9-8-10-12-16/h8-12,15,17-18H,5-7,13-14H2,1-4H3. The summed E-state index contributed by atoms with van der Waals surface area (Å²) in [6.45, 7) is 13.5. The lowest BCUT2D eigenvalue weighted by atomic mass is 10.0. The van der Waals surface area contributed by atoms with E-state index in [1.54, 1.807) is 0 Å². The topological polar surface area (TPSA) is 15.3 Å². The van der Waals surface area contributed by atoms with Crippen LogP contribution in [0.4, 0.5) is 0 Å². The van der Waals surface area contributed by atoms with Crippen LogP contribution in [0.25, 0.3) is 0 Å². The van der Waals surface area contributed by atoms with E-state index in [1.165, 1.54) is 18.5 Å². The zero-order valence-corrected chi connectivity index (χ0v) is 13.0. The van der Waals surface area contributed by atoms with E-state index in [2.05, 4.69) is 68.2 Å². The van der Waals surface area contributed by atoms with Gasteiger partial charge in [-0.2, -0.15) is 0 Å². The first-order chi connectivity index (χ1) is 9.21. The molecular weight excluding hydrogens is 232 g/mol. The van der Waals surface area contributed by atoms with E-state index in [0.717, 1.165) is 25.6 Å². The SMILES string of the molecule is CCNC(CN(CC)CC(C)CC)c1ccccc1. The average Bonchev–Trinajstić information content (AvgIpc) is 2.46. The van der Waals surface area contributed by atoms with Crippen molar-refractivity contribution in [1.82, 2.24) is 10.2 Å². The Balaban J connectivity index is 2.66. The molecule has 2 atom stereocenters. The molecule has 0 aliphatic heterocycles. The largest absolute Gasteiger partial charge is 0.309 e. The second-order valence-corrected chi connectivity index (χ2v) is 5.39. The molecule has 2 nitrogen and oxygen atoms in total. The van der Waals surface area contributed by atoms with Crippen molar-refractivity contribution in [3.63, 3.8) is 0 Å². The molecule has 0 saturated heterocycles. The molecule has 0 spiro atoms. The van der Waals surface area contributed by atoms with E-state index in [4.69, 9.17) is 0 Å². The van der Waals surface area contributed by atoms with Crippen molar-refractivity contribution < 1.29 is 0 Å². The van der Waals surface area contributed by atoms with Crippen LogP contribution < -0.4 is 5.32 Å². The van der Waals surface area contributed by atoms with Gasteiger partial charge < -0.3 is 10.2 Å². The number of hydrogen-bond acceptors (Lipinski definition) is 2. The van der Waals surface area contributed by atoms with Crippen LogP contribution in [-0.2, 0) is 0 Å². The van der Waals surface area contributed by atoms with Gasteiger partial charge in [0.25, 0.3) is 0 Å². The van der Waals surface area contributed by atoms with Crippen LogP contribution in [0.1, 0.15) is 45.7 Å². The van der Waals surface area contributed by atoms with Crippen LogP contribution in [0.3, 0.4) is 0 Å². The van der Waals surface area contributed by atoms with Gasteiger partial charge in [0, 0.05) is 19.1 Å². The van der Waals surface area contributed by atoms with Gasteiger partial charge >= 0.3 is 0 Å². The lowest BCUT2D eigenvalue weighted by Crippen LogP contribution is -2.37. The summed E-state index contributed by atoms with van der Waals surface area (Å²) < 4.78 is 0. The van der Waals surface area contributed by atoms with Crippen LogP contribution in [0.2, 0.25) is 0 Å². The van der Waals surface area contributed by atoms with Crippen LogP contribution in [0, 0.1) is 5.92 Å². The van der Waals surface area contributed by atoms with Crippen molar-refractivity contribution >= 4 is 0 Å². The van der Waals surface area contributed by atoms with Crippen molar-refractivity contribution in [3.05, 3.63) is 35.9 Å². The number of nitrogens with one attached hydrogen (secondary N) is 1. The molecule has 1 aromatic rings. The van der Waals surface area contributed by atoms with Gasteiger partial charge in [0.2, 0.25) is 0 Å². The molecule has 1 aromatic carbocycles. The molecule has 0 aromatic heterocycles. The Labute approximate surface area is 119 Å². The smallest absolute Gasteiger partial charge is 0.0449 e. The zero-order chi connectivity index (χ0) is 14.1. The zero-order valence-electron chi connectivity index (χ0n) is 13.0. The van der Waals surface area contributed by atoms with E-state index < -0.39 is 0 Å². The van der Waals surface area contributed by atoms with Gasteiger partial charge in [0.15, 0.2) is 0 Å². The highest BCUT2D eigenvalue weighted by atomic mass is 15.1. The van der Waals surface area contributed by atoms with Crippen molar-refractivity contribution in [1.29, 1.82) is 0 Å². The second-order valence-electron chi connectivity index (χ2n) is 5.39. The fourth-order valence-electron chi connectivity index (χ4n) is 2.38. The number of nitrogens with zero attached hydrogens (tertiary/aromatic N) is 1. The summed E-state index contributed by atoms with van der Waals surface area (Å²) in [5.41, 5.74) is 1.40. The highest BCUT2D eigenvalue weighted by Crippen LogP contribution is 2.15. The summed E-state index contributed by atoms with van der Waals surface area (Å²) in [5.74, 6) is 0.776. The van der Waals surface area contributed by atoms with Crippen molar-refractivity contribution in [2.24, 2.45) is 5.92 Å². The first kappa shape index (κ1) is 16.2. The molecule has 1 N–H and O–H groups in total. The molecule has 0 bridgehead atoms. The Kier molecular flexibility index (Phi) is 7.76. The van der Waals surface area contributed by atoms with Crippen LogP contribution >= 0.6 is 0 Å². The van der Waals surface area contributed by atoms with Gasteiger partial charge in [-0.25, -0.2) is 0 Å². The third-order valence-electron chi connectivity index (χ3n) is 3.81. The number of rotatable bonds is 9. The quantitative estimate of drug-likeness (QED) is 0.730. The number of hydrogen-bond donors (Lipinski definition) is 1. The van der Waals surface area contributed by atoms with Crippen molar-refractivity contribution in [2.45, 2.75) is 40.2 Å². The molecule has 2 heteroatoms. The van der Waals surface area contributed by atoms with Crippen molar-refractivity contribution in [3.8, 4) is 0 Å². The van der Waals surface area contributed by atoms with E-state index >= 15 is 0 Å². The third-order valence-corrected chi connectivity index (χ3v) is 3.81. The summed E-state index contributed by atoms with van der Waals surface area (Å²) in [5, 5.41) is 3.61. The molecule has 0 amide bonds. The lowest BCUT2D eigenvalue weighted by Gasteiger charge is -2.29. The normalized spacial score (nSPS) is 14.6. The summed E-state index contributed by atoms with van der Waals surface area (Å²) in [7, 11) is 0. The Morgan fingerprint density at radius 2 is 1.74 bits per heavy atom. The Hall–Kier alpha value is -0.860. The van der Waals surface area contributed by atoms with E-state index in [1.807, 2.05) is 0 Å². The van der Waals surface area contributed by atoms with Gasteiger partial charge in [-0.15, -0.1) is 0 Å². The van der Waals surface area contributed by atoms with E-state index in [9.17, 15) is 0 Å². The van der Waals surface area contributed by atoms with Crippen LogP contribution in [0.15, 0.2) is 30.3 Å². The highest BCUT2D eigenvalue weighted by molar-refractivity contribution is 5.19. The summed E-state index contributed by atoms with van der Waals surface area (Å²) in [4.78, 5) is 2.56. The molecule has 0 aliphatic rings. The molecule has 0 fully saturated rings. The molecule has 0 heterocycles. The minimum atomic E-state index is 0.440. The minimum absolute atomic E-state index is 0.440. The maximum atomic E-state index is 3.61. The Morgan fingerprint density at radius 3 is 2.26 bits per heavy atom. The van der Waals surface area contributed by atoms with Crippen LogP contribution in [0.5, 0.6) is 0 Å². The van der Waals surface area contributed by atoms with Gasteiger partial charge in [-0.3, -0.25) is 0 Å². The molecule has 108 valence electrons. The van der Waals surface area contributed by atoms with Crippen LogP contribution in [-0.4, -0.2) is 31.1 Å². The number of likely N-dealkylation sites (N-methyl/N-ethyl adjacent to an activating group) is 2. The van der Waals surface area contributed by atoms with Gasteiger partial charge in [-0.1, -0.05) is 64.4 Å². The van der Waals surface area contributed by atoms with Gasteiger partial charge in [-0.05, 0) is 24.6 Å². The summed E-state index contributed by atoms with van der Waals surface area (Å²) >= 11 is 0. The Bertz CT molecular complexity index is 323. The first-order valence-electron chi connectivity index (χ1n) is 7.71.